The summed E-state index contributed by atoms with van der Waals surface area (Å²) in [5.41, 5.74) is 5.95. The number of amides is 2. The van der Waals surface area contributed by atoms with Gasteiger partial charge in [-0.2, -0.15) is 0 Å². The molecule has 1 heterocycles. The molecule has 0 N–H and O–H groups in total. The van der Waals surface area contributed by atoms with Crippen LogP contribution in [0.2, 0.25) is 0 Å². The van der Waals surface area contributed by atoms with Crippen LogP contribution in [0, 0.1) is 6.42 Å². The highest BCUT2D eigenvalue weighted by Crippen LogP contribution is 2.34. The zero-order valence-corrected chi connectivity index (χ0v) is 19.4. The second-order valence-electron chi connectivity index (χ2n) is 7.97. The Labute approximate surface area is 186 Å². The fraction of sp³-hybridized carbons (Fsp3) is 0.444. The number of benzene rings is 2. The van der Waals surface area contributed by atoms with Crippen LogP contribution < -0.4 is 4.74 Å². The predicted molar refractivity (Wildman–Crippen MR) is 124 cm³/mol. The predicted octanol–water partition coefficient (Wildman–Crippen LogP) is 5.67. The van der Waals surface area contributed by atoms with Crippen LogP contribution in [-0.4, -0.2) is 29.4 Å². The number of hydrogen-bond acceptors (Lipinski definition) is 3. The van der Waals surface area contributed by atoms with E-state index >= 15 is 0 Å². The van der Waals surface area contributed by atoms with E-state index in [1.807, 2.05) is 6.92 Å². The quantitative estimate of drug-likeness (QED) is 0.466. The van der Waals surface area contributed by atoms with Gasteiger partial charge in [-0.3, -0.25) is 14.5 Å². The first-order valence-corrected chi connectivity index (χ1v) is 11.5. The van der Waals surface area contributed by atoms with Crippen molar-refractivity contribution >= 4 is 11.8 Å². The largest absolute Gasteiger partial charge is 0.493 e. The van der Waals surface area contributed by atoms with Crippen molar-refractivity contribution in [2.75, 3.05) is 6.61 Å². The van der Waals surface area contributed by atoms with Gasteiger partial charge in [0.05, 0.1) is 17.7 Å². The minimum absolute atomic E-state index is 0.208. The second-order valence-corrected chi connectivity index (χ2v) is 7.97. The average molecular weight is 420 g/mol. The minimum atomic E-state index is -0.228. The number of rotatable bonds is 10. The van der Waals surface area contributed by atoms with Crippen molar-refractivity contribution in [3.8, 4) is 5.75 Å². The van der Waals surface area contributed by atoms with Crippen LogP contribution in [0.3, 0.4) is 0 Å². The van der Waals surface area contributed by atoms with E-state index < -0.39 is 0 Å². The fourth-order valence-electron chi connectivity index (χ4n) is 4.46. The molecule has 0 saturated carbocycles. The molecule has 164 valence electrons. The van der Waals surface area contributed by atoms with Gasteiger partial charge in [-0.05, 0) is 67.0 Å². The first-order chi connectivity index (χ1) is 15.0. The molecular weight excluding hydrogens is 386 g/mol. The third kappa shape index (κ3) is 4.39. The second kappa shape index (κ2) is 10.1. The monoisotopic (exact) mass is 419 g/mol. The summed E-state index contributed by atoms with van der Waals surface area (Å²) in [6, 6.07) is 9.01. The van der Waals surface area contributed by atoms with Gasteiger partial charge in [0.1, 0.15) is 5.75 Å². The van der Waals surface area contributed by atoms with Crippen LogP contribution in [0.1, 0.15) is 90.4 Å². The maximum atomic E-state index is 12.7. The van der Waals surface area contributed by atoms with Crippen molar-refractivity contribution in [3.63, 3.8) is 0 Å². The first kappa shape index (κ1) is 23.1. The van der Waals surface area contributed by atoms with Gasteiger partial charge in [0.25, 0.3) is 11.8 Å². The summed E-state index contributed by atoms with van der Waals surface area (Å²) in [5.74, 6) is 0.553. The van der Waals surface area contributed by atoms with Gasteiger partial charge in [-0.15, -0.1) is 0 Å². The van der Waals surface area contributed by atoms with Crippen molar-refractivity contribution in [1.29, 1.82) is 0 Å². The van der Waals surface area contributed by atoms with Crippen LogP contribution in [0.25, 0.3) is 0 Å². The summed E-state index contributed by atoms with van der Waals surface area (Å²) in [7, 11) is 0. The smallest absolute Gasteiger partial charge is 0.261 e. The number of ether oxygens (including phenoxy) is 1. The highest BCUT2D eigenvalue weighted by molar-refractivity contribution is 6.21. The Morgan fingerprint density at radius 1 is 0.935 bits per heavy atom. The van der Waals surface area contributed by atoms with E-state index in [-0.39, 0.29) is 17.9 Å². The average Bonchev–Trinajstić information content (AvgIpc) is 3.04. The van der Waals surface area contributed by atoms with Gasteiger partial charge in [0.15, 0.2) is 0 Å². The van der Waals surface area contributed by atoms with E-state index in [1.54, 1.807) is 24.3 Å². The van der Waals surface area contributed by atoms with E-state index in [4.69, 9.17) is 4.74 Å². The Morgan fingerprint density at radius 2 is 1.55 bits per heavy atom. The van der Waals surface area contributed by atoms with Crippen LogP contribution in [0.5, 0.6) is 5.75 Å². The normalized spacial score (nSPS) is 14.2. The zero-order valence-electron chi connectivity index (χ0n) is 19.4. The molecule has 0 bridgehead atoms. The maximum absolute atomic E-state index is 12.7. The number of aryl methyl sites for hydroxylation is 1. The Morgan fingerprint density at radius 3 is 2.06 bits per heavy atom. The minimum Gasteiger partial charge on any atom is -0.493 e. The summed E-state index contributed by atoms with van der Waals surface area (Å²) in [6.45, 7) is 11.0. The highest BCUT2D eigenvalue weighted by Gasteiger charge is 2.37. The Hall–Kier alpha value is -2.62. The third-order valence-electron chi connectivity index (χ3n) is 6.08. The van der Waals surface area contributed by atoms with Crippen molar-refractivity contribution in [1.82, 2.24) is 4.90 Å². The van der Waals surface area contributed by atoms with Crippen LogP contribution in [-0.2, 0) is 19.3 Å². The molecule has 0 aromatic heterocycles. The number of nitrogens with zero attached hydrogens (tertiary/aromatic N) is 1. The van der Waals surface area contributed by atoms with E-state index in [0.717, 1.165) is 31.4 Å². The fourth-order valence-corrected chi connectivity index (χ4v) is 4.46. The zero-order chi connectivity index (χ0) is 22.5. The van der Waals surface area contributed by atoms with E-state index in [9.17, 15) is 9.59 Å². The van der Waals surface area contributed by atoms with E-state index in [1.165, 1.54) is 27.2 Å². The Balaban J connectivity index is 1.76. The Bertz CT molecular complexity index is 928. The first-order valence-electron chi connectivity index (χ1n) is 11.5. The lowest BCUT2D eigenvalue weighted by Gasteiger charge is -2.24. The lowest BCUT2D eigenvalue weighted by Crippen LogP contribution is -2.38. The van der Waals surface area contributed by atoms with Gasteiger partial charge in [-0.25, -0.2) is 0 Å². The molecule has 0 fully saturated rings. The van der Waals surface area contributed by atoms with E-state index in [0.29, 0.717) is 24.2 Å². The van der Waals surface area contributed by atoms with Gasteiger partial charge >= 0.3 is 0 Å². The molecule has 1 atom stereocenters. The lowest BCUT2D eigenvalue weighted by atomic mass is 9.90. The Kier molecular flexibility index (Phi) is 7.53. The molecule has 0 saturated heterocycles. The topological polar surface area (TPSA) is 46.6 Å². The van der Waals surface area contributed by atoms with Crippen LogP contribution >= 0.6 is 0 Å². The van der Waals surface area contributed by atoms with Gasteiger partial charge in [-0.1, -0.05) is 45.9 Å². The molecular formula is C27H33NO3. The number of carbonyl (C=O) groups excluding carboxylic acids is 2. The van der Waals surface area contributed by atoms with Gasteiger partial charge < -0.3 is 4.74 Å². The van der Waals surface area contributed by atoms with Gasteiger partial charge in [0, 0.05) is 18.9 Å². The van der Waals surface area contributed by atoms with Crippen molar-refractivity contribution in [2.24, 2.45) is 0 Å². The SMILES string of the molecule is CC[C]c1cc(CC)c(OCCC(C)N2C(=O)c3ccccc3C2=O)c(CC)c1CC. The lowest BCUT2D eigenvalue weighted by molar-refractivity contribution is 0.0579. The molecule has 2 radical (unpaired) electrons. The van der Waals surface area contributed by atoms with Crippen LogP contribution in [0.15, 0.2) is 30.3 Å². The van der Waals surface area contributed by atoms with Gasteiger partial charge in [0.2, 0.25) is 0 Å². The molecule has 2 aromatic carbocycles. The molecule has 4 nitrogen and oxygen atoms in total. The molecule has 3 rings (SSSR count). The van der Waals surface area contributed by atoms with Crippen molar-refractivity contribution < 1.29 is 14.3 Å². The van der Waals surface area contributed by atoms with Crippen molar-refractivity contribution in [3.05, 3.63) is 70.1 Å². The molecule has 0 spiro atoms. The summed E-state index contributed by atoms with van der Waals surface area (Å²) >= 11 is 0. The number of fused-ring (bicyclic) bond motifs is 1. The number of imide groups is 1. The molecule has 1 aliphatic rings. The van der Waals surface area contributed by atoms with Crippen LogP contribution in [0.4, 0.5) is 0 Å². The number of carbonyl (C=O) groups is 2. The molecule has 1 aliphatic heterocycles. The molecule has 1 unspecified atom stereocenters. The summed E-state index contributed by atoms with van der Waals surface area (Å²) < 4.78 is 6.33. The molecule has 0 aliphatic carbocycles. The van der Waals surface area contributed by atoms with E-state index in [2.05, 4.69) is 40.2 Å². The molecule has 4 heteroatoms. The summed E-state index contributed by atoms with van der Waals surface area (Å²) in [6.07, 6.45) is 7.70. The maximum Gasteiger partial charge on any atom is 0.261 e. The summed E-state index contributed by atoms with van der Waals surface area (Å²) in [5, 5.41) is 0. The molecule has 31 heavy (non-hydrogen) atoms. The highest BCUT2D eigenvalue weighted by atomic mass is 16.5. The third-order valence-corrected chi connectivity index (χ3v) is 6.08. The molecule has 2 aromatic rings. The number of hydrogen-bond donors (Lipinski definition) is 0. The molecule has 2 amide bonds. The standard InChI is InChI=1S/C27H33NO3/c1-6-12-20-17-19(7-2)25(22(9-4)21(20)8-3)31-16-15-18(5)28-26(29)23-13-10-11-14-24(23)27(28)30/h10-11,13-14,17-18H,6-9,15-16H2,1-5H3. The van der Waals surface area contributed by atoms with Crippen molar-refractivity contribution in [2.45, 2.75) is 72.8 Å². The summed E-state index contributed by atoms with van der Waals surface area (Å²) in [4.78, 5) is 26.8.